The zero-order valence-corrected chi connectivity index (χ0v) is 11.7. The monoisotopic (exact) mass is 275 g/mol. The molecule has 0 aromatic heterocycles. The number of nitrogens with two attached hydrogens (primary N) is 1. The summed E-state index contributed by atoms with van der Waals surface area (Å²) < 4.78 is 5.36. The van der Waals surface area contributed by atoms with Gasteiger partial charge in [0.25, 0.3) is 0 Å². The average molecular weight is 275 g/mol. The van der Waals surface area contributed by atoms with Crippen molar-refractivity contribution in [3.05, 3.63) is 41.5 Å². The second-order valence-corrected chi connectivity index (χ2v) is 4.87. The topological polar surface area (TPSA) is 79.9 Å². The Morgan fingerprint density at radius 1 is 1.50 bits per heavy atom. The minimum Gasteiger partial charge on any atom is -0.496 e. The van der Waals surface area contributed by atoms with Gasteiger partial charge in [-0.3, -0.25) is 0 Å². The van der Waals surface area contributed by atoms with Gasteiger partial charge in [0.15, 0.2) is 5.84 Å². The second-order valence-electron chi connectivity index (χ2n) is 4.87. The summed E-state index contributed by atoms with van der Waals surface area (Å²) in [7, 11) is 1.64. The van der Waals surface area contributed by atoms with Gasteiger partial charge in [-0.2, -0.15) is 0 Å². The molecule has 1 aliphatic rings. The molecule has 1 aromatic rings. The lowest BCUT2D eigenvalue weighted by Crippen LogP contribution is -2.29. The van der Waals surface area contributed by atoms with Gasteiger partial charge in [-0.15, -0.1) is 0 Å². The summed E-state index contributed by atoms with van der Waals surface area (Å²) >= 11 is 0. The van der Waals surface area contributed by atoms with E-state index in [2.05, 4.69) is 22.6 Å². The number of hydrogen-bond donors (Lipinski definition) is 3. The number of rotatable bonds is 5. The van der Waals surface area contributed by atoms with Gasteiger partial charge in [0.05, 0.1) is 7.11 Å². The van der Waals surface area contributed by atoms with Crippen molar-refractivity contribution >= 4 is 5.84 Å². The van der Waals surface area contributed by atoms with Crippen LogP contribution in [-0.2, 0) is 6.54 Å². The Balaban J connectivity index is 2.09. The van der Waals surface area contributed by atoms with Gasteiger partial charge < -0.3 is 21.0 Å². The van der Waals surface area contributed by atoms with Gasteiger partial charge in [-0.1, -0.05) is 17.3 Å². The fraction of sp³-hybridized carbons (Fsp3) is 0.400. The molecular formula is C15H21N3O2. The quantitative estimate of drug-likeness (QED) is 0.252. The Morgan fingerprint density at radius 3 is 3.00 bits per heavy atom. The van der Waals surface area contributed by atoms with Crippen molar-refractivity contribution in [3.8, 4) is 5.75 Å². The first-order valence-corrected chi connectivity index (χ1v) is 6.77. The molecule has 0 heterocycles. The van der Waals surface area contributed by atoms with Crippen LogP contribution in [0, 0.1) is 0 Å². The molecule has 0 bridgehead atoms. The molecule has 1 aliphatic carbocycles. The molecule has 0 saturated carbocycles. The van der Waals surface area contributed by atoms with Crippen molar-refractivity contribution in [1.82, 2.24) is 5.32 Å². The number of nitrogens with one attached hydrogen (secondary N) is 1. The van der Waals surface area contributed by atoms with Crippen LogP contribution in [0.3, 0.4) is 0 Å². The normalized spacial score (nSPS) is 19.1. The zero-order chi connectivity index (χ0) is 14.4. The highest BCUT2D eigenvalue weighted by atomic mass is 16.5. The number of benzene rings is 1. The minimum absolute atomic E-state index is 0.106. The van der Waals surface area contributed by atoms with Crippen molar-refractivity contribution in [2.75, 3.05) is 7.11 Å². The largest absolute Gasteiger partial charge is 0.496 e. The Hall–Kier alpha value is -2.01. The van der Waals surface area contributed by atoms with Crippen LogP contribution in [0.1, 0.15) is 30.4 Å². The van der Waals surface area contributed by atoms with E-state index >= 15 is 0 Å². The van der Waals surface area contributed by atoms with Crippen LogP contribution >= 0.6 is 0 Å². The molecular weight excluding hydrogens is 254 g/mol. The predicted molar refractivity (Wildman–Crippen MR) is 79.1 cm³/mol. The highest BCUT2D eigenvalue weighted by molar-refractivity contribution is 5.97. The predicted octanol–water partition coefficient (Wildman–Crippen LogP) is 1.99. The fourth-order valence-corrected chi connectivity index (χ4v) is 2.37. The summed E-state index contributed by atoms with van der Waals surface area (Å²) in [4.78, 5) is 0. The van der Waals surface area contributed by atoms with Crippen LogP contribution in [0.25, 0.3) is 0 Å². The van der Waals surface area contributed by atoms with E-state index < -0.39 is 0 Å². The van der Waals surface area contributed by atoms with Gasteiger partial charge in [0.1, 0.15) is 5.75 Å². The molecule has 108 valence electrons. The van der Waals surface area contributed by atoms with Crippen LogP contribution in [0.15, 0.2) is 35.5 Å². The molecule has 0 spiro atoms. The third-order valence-electron chi connectivity index (χ3n) is 3.53. The van der Waals surface area contributed by atoms with E-state index in [1.165, 1.54) is 0 Å². The smallest absolute Gasteiger partial charge is 0.170 e. The lowest BCUT2D eigenvalue weighted by molar-refractivity contribution is 0.318. The molecule has 0 amide bonds. The zero-order valence-electron chi connectivity index (χ0n) is 11.7. The van der Waals surface area contributed by atoms with E-state index in [-0.39, 0.29) is 5.84 Å². The van der Waals surface area contributed by atoms with E-state index in [9.17, 15) is 0 Å². The van der Waals surface area contributed by atoms with Crippen LogP contribution < -0.4 is 15.8 Å². The molecule has 2 rings (SSSR count). The first-order chi connectivity index (χ1) is 9.74. The van der Waals surface area contributed by atoms with Crippen LogP contribution in [0.4, 0.5) is 0 Å². The summed E-state index contributed by atoms with van der Waals surface area (Å²) in [6.45, 7) is 0.703. The molecule has 4 N–H and O–H groups in total. The summed E-state index contributed by atoms with van der Waals surface area (Å²) in [6.07, 6.45) is 7.77. The molecule has 5 nitrogen and oxygen atoms in total. The Kier molecular flexibility index (Phi) is 5.01. The Morgan fingerprint density at radius 2 is 2.35 bits per heavy atom. The number of amidine groups is 1. The average Bonchev–Trinajstić information content (AvgIpc) is 2.52. The maximum Gasteiger partial charge on any atom is 0.170 e. The van der Waals surface area contributed by atoms with Crippen molar-refractivity contribution in [1.29, 1.82) is 0 Å². The number of nitrogens with zero attached hydrogens (tertiary/aromatic N) is 1. The van der Waals surface area contributed by atoms with E-state index in [4.69, 9.17) is 15.7 Å². The van der Waals surface area contributed by atoms with E-state index in [0.717, 1.165) is 30.6 Å². The maximum atomic E-state index is 8.75. The molecule has 0 saturated heterocycles. The number of allylic oxidation sites excluding steroid dienone is 1. The van der Waals surface area contributed by atoms with Gasteiger partial charge in [0, 0.05) is 23.7 Å². The van der Waals surface area contributed by atoms with E-state index in [1.807, 2.05) is 12.1 Å². The van der Waals surface area contributed by atoms with Crippen molar-refractivity contribution in [3.63, 3.8) is 0 Å². The summed E-state index contributed by atoms with van der Waals surface area (Å²) in [5.74, 6) is 0.910. The third kappa shape index (κ3) is 3.51. The van der Waals surface area contributed by atoms with E-state index in [1.54, 1.807) is 13.2 Å². The first kappa shape index (κ1) is 14.4. The number of ether oxygens (including phenoxy) is 1. The summed E-state index contributed by atoms with van der Waals surface area (Å²) in [5, 5.41) is 15.3. The van der Waals surface area contributed by atoms with Gasteiger partial charge in [-0.05, 0) is 37.5 Å². The van der Waals surface area contributed by atoms with Crippen molar-refractivity contribution in [2.24, 2.45) is 10.9 Å². The molecule has 5 heteroatoms. The number of oxime groups is 1. The maximum absolute atomic E-state index is 8.75. The van der Waals surface area contributed by atoms with E-state index in [0.29, 0.717) is 18.2 Å². The molecule has 1 unspecified atom stereocenters. The highest BCUT2D eigenvalue weighted by Gasteiger charge is 2.12. The molecule has 1 atom stereocenters. The van der Waals surface area contributed by atoms with Crippen LogP contribution in [0.5, 0.6) is 5.75 Å². The Labute approximate surface area is 119 Å². The van der Waals surface area contributed by atoms with Crippen LogP contribution in [-0.4, -0.2) is 24.2 Å². The molecule has 0 aliphatic heterocycles. The SMILES string of the molecule is COc1ccc(/C(N)=N/O)cc1CNC1CC=CCC1. The second kappa shape index (κ2) is 6.96. The minimum atomic E-state index is 0.106. The summed E-state index contributed by atoms with van der Waals surface area (Å²) in [6, 6.07) is 6.00. The lowest BCUT2D eigenvalue weighted by atomic mass is 10.0. The van der Waals surface area contributed by atoms with Gasteiger partial charge in [-0.25, -0.2) is 0 Å². The fourth-order valence-electron chi connectivity index (χ4n) is 2.37. The molecule has 0 fully saturated rings. The third-order valence-corrected chi connectivity index (χ3v) is 3.53. The number of methoxy groups -OCH3 is 1. The Bertz CT molecular complexity index is 512. The van der Waals surface area contributed by atoms with Crippen LogP contribution in [0.2, 0.25) is 0 Å². The molecule has 0 radical (unpaired) electrons. The van der Waals surface area contributed by atoms with Crippen molar-refractivity contribution < 1.29 is 9.94 Å². The lowest BCUT2D eigenvalue weighted by Gasteiger charge is -2.20. The van der Waals surface area contributed by atoms with Crippen molar-refractivity contribution in [2.45, 2.75) is 31.8 Å². The molecule has 20 heavy (non-hydrogen) atoms. The number of hydrogen-bond acceptors (Lipinski definition) is 4. The first-order valence-electron chi connectivity index (χ1n) is 6.77. The standard InChI is InChI=1S/C15H21N3O2/c1-20-14-8-7-11(15(16)18-19)9-12(14)10-17-13-5-3-2-4-6-13/h2-3,7-9,13,17,19H,4-6,10H2,1H3,(H2,16,18). The van der Waals surface area contributed by atoms with Gasteiger partial charge >= 0.3 is 0 Å². The molecule has 1 aromatic carbocycles. The highest BCUT2D eigenvalue weighted by Crippen LogP contribution is 2.21. The summed E-state index contributed by atoms with van der Waals surface area (Å²) in [5.41, 5.74) is 7.32. The van der Waals surface area contributed by atoms with Gasteiger partial charge in [0.2, 0.25) is 0 Å².